The van der Waals surface area contributed by atoms with Crippen LogP contribution in [0.15, 0.2) is 51.9 Å². The van der Waals surface area contributed by atoms with Crippen molar-refractivity contribution < 1.29 is 28.2 Å². The summed E-state index contributed by atoms with van der Waals surface area (Å²) in [7, 11) is 4.82. The van der Waals surface area contributed by atoms with Crippen LogP contribution in [0.1, 0.15) is 40.6 Å². The second kappa shape index (κ2) is 10.7. The van der Waals surface area contributed by atoms with E-state index in [2.05, 4.69) is 0 Å². The van der Waals surface area contributed by atoms with E-state index < -0.39 is 0 Å². The Morgan fingerprint density at radius 1 is 0.973 bits per heavy atom. The Kier molecular flexibility index (Phi) is 7.19. The summed E-state index contributed by atoms with van der Waals surface area (Å²) in [6.07, 6.45) is 4.00. The third-order valence-corrected chi connectivity index (χ3v) is 7.66. The molecular weight excluding hydrogens is 490 g/mol. The maximum Gasteiger partial charge on any atom is 0.341 e. The molecule has 0 spiro atoms. The van der Waals surface area contributed by atoms with Gasteiger partial charge in [-0.2, -0.15) is 0 Å². The molecule has 0 amide bonds. The van der Waals surface area contributed by atoms with Crippen molar-refractivity contribution in [1.29, 1.82) is 0 Å². The molecule has 4 aromatic rings. The molecule has 0 aliphatic heterocycles. The fourth-order valence-corrected chi connectivity index (χ4v) is 5.91. The van der Waals surface area contributed by atoms with E-state index in [1.165, 1.54) is 4.88 Å². The van der Waals surface area contributed by atoms with Gasteiger partial charge in [-0.3, -0.25) is 0 Å². The third-order valence-electron chi connectivity index (χ3n) is 6.47. The van der Waals surface area contributed by atoms with Crippen LogP contribution in [0.25, 0.3) is 22.3 Å². The fraction of sp³-hybridized carbons (Fsp3) is 0.310. The van der Waals surface area contributed by atoms with Crippen molar-refractivity contribution >= 4 is 33.3 Å². The zero-order valence-electron chi connectivity index (χ0n) is 21.4. The number of methoxy groups -OCH3 is 3. The summed E-state index contributed by atoms with van der Waals surface area (Å²) in [5.74, 6) is 2.21. The molecule has 0 unspecified atom stereocenters. The molecule has 8 heteroatoms. The van der Waals surface area contributed by atoms with Gasteiger partial charge in [0.25, 0.3) is 0 Å². The maximum atomic E-state index is 13.0. The van der Waals surface area contributed by atoms with Gasteiger partial charge in [0.2, 0.25) is 0 Å². The largest absolute Gasteiger partial charge is 0.497 e. The van der Waals surface area contributed by atoms with E-state index in [1.807, 2.05) is 49.4 Å². The van der Waals surface area contributed by atoms with Crippen LogP contribution in [0.3, 0.4) is 0 Å². The highest BCUT2D eigenvalue weighted by atomic mass is 32.1. The number of fused-ring (bicyclic) bond motifs is 2. The molecule has 0 fully saturated rings. The van der Waals surface area contributed by atoms with E-state index in [4.69, 9.17) is 28.4 Å². The summed E-state index contributed by atoms with van der Waals surface area (Å²) in [6.45, 7) is 2.14. The number of hydrogen-bond acceptors (Lipinski definition) is 8. The molecular formula is C29H29NO6S. The summed E-state index contributed by atoms with van der Waals surface area (Å²) < 4.78 is 28.1. The average molecular weight is 520 g/mol. The Bertz CT molecular complexity index is 1530. The number of hydrogen-bond donors (Lipinski definition) is 0. The molecule has 0 radical (unpaired) electrons. The van der Waals surface area contributed by atoms with Crippen molar-refractivity contribution in [3.8, 4) is 28.6 Å². The van der Waals surface area contributed by atoms with Crippen LogP contribution >= 0.6 is 11.3 Å². The minimum Gasteiger partial charge on any atom is -0.497 e. The first-order valence-corrected chi connectivity index (χ1v) is 13.1. The van der Waals surface area contributed by atoms with E-state index >= 15 is 0 Å². The Balaban J connectivity index is 1.76. The molecule has 0 saturated carbocycles. The van der Waals surface area contributed by atoms with E-state index in [0.29, 0.717) is 51.1 Å². The van der Waals surface area contributed by atoms with Crippen molar-refractivity contribution in [2.45, 2.75) is 32.6 Å². The van der Waals surface area contributed by atoms with Gasteiger partial charge in [-0.25, -0.2) is 9.79 Å². The normalized spacial score (nSPS) is 13.4. The van der Waals surface area contributed by atoms with Gasteiger partial charge in [0.1, 0.15) is 22.1 Å². The van der Waals surface area contributed by atoms with Crippen molar-refractivity contribution in [2.75, 3.05) is 27.9 Å². The predicted molar refractivity (Wildman–Crippen MR) is 143 cm³/mol. The summed E-state index contributed by atoms with van der Waals surface area (Å²) in [5.41, 5.74) is 3.12. The Labute approximate surface area is 219 Å². The molecule has 0 saturated heterocycles. The van der Waals surface area contributed by atoms with Crippen LogP contribution in [0.2, 0.25) is 0 Å². The van der Waals surface area contributed by atoms with Gasteiger partial charge >= 0.3 is 5.97 Å². The molecule has 1 aliphatic carbocycles. The average Bonchev–Trinajstić information content (AvgIpc) is 3.30. The lowest BCUT2D eigenvalue weighted by atomic mass is 9.95. The first-order valence-electron chi connectivity index (χ1n) is 12.3. The lowest BCUT2D eigenvalue weighted by molar-refractivity contribution is 0.0526. The topological polar surface area (TPSA) is 79.5 Å². The van der Waals surface area contributed by atoms with Crippen molar-refractivity contribution in [2.24, 2.45) is 4.99 Å². The van der Waals surface area contributed by atoms with E-state index in [9.17, 15) is 4.79 Å². The first-order chi connectivity index (χ1) is 18.1. The number of nitrogens with zero attached hydrogens (tertiary/aromatic N) is 1. The van der Waals surface area contributed by atoms with Gasteiger partial charge in [0.15, 0.2) is 11.5 Å². The van der Waals surface area contributed by atoms with Crippen molar-refractivity contribution in [3.05, 3.63) is 63.8 Å². The maximum absolute atomic E-state index is 13.0. The molecule has 192 valence electrons. The minimum absolute atomic E-state index is 0.316. The summed E-state index contributed by atoms with van der Waals surface area (Å²) in [5, 5.41) is 2.12. The zero-order chi connectivity index (χ0) is 25.9. The fourth-order valence-electron chi connectivity index (χ4n) is 4.65. The molecule has 1 aliphatic rings. The SMILES string of the molecule is CCOC(=O)c1c(/N=c2\cc(-c3ccc(OC)c(OC)c3)oc3ccc(OC)cc23)sc2c1CCCC2. The van der Waals surface area contributed by atoms with Gasteiger partial charge in [-0.1, -0.05) is 0 Å². The first kappa shape index (κ1) is 24.9. The van der Waals surface area contributed by atoms with Gasteiger partial charge in [-0.15, -0.1) is 11.3 Å². The van der Waals surface area contributed by atoms with Crippen LogP contribution < -0.4 is 19.6 Å². The molecule has 0 bridgehead atoms. The van der Waals surface area contributed by atoms with Crippen LogP contribution in [0, 0.1) is 0 Å². The number of carbonyl (C=O) groups excluding carboxylic acids is 1. The van der Waals surface area contributed by atoms with Gasteiger partial charge in [0, 0.05) is 21.9 Å². The highest BCUT2D eigenvalue weighted by Gasteiger charge is 2.26. The van der Waals surface area contributed by atoms with Crippen molar-refractivity contribution in [3.63, 3.8) is 0 Å². The van der Waals surface area contributed by atoms with Crippen LogP contribution in [0.4, 0.5) is 5.00 Å². The Hall–Kier alpha value is -3.78. The Morgan fingerprint density at radius 3 is 2.54 bits per heavy atom. The molecule has 2 aromatic heterocycles. The number of rotatable bonds is 7. The standard InChI is InChI=1S/C29H29NO6S/c1-5-35-29(31)27-19-8-6-7-9-26(19)37-28(27)30-21-16-24(17-10-12-23(33-3)25(14-17)34-4)36-22-13-11-18(32-2)15-20(21)22/h10-16H,5-9H2,1-4H3/b30-21+. The third kappa shape index (κ3) is 4.81. The lowest BCUT2D eigenvalue weighted by Gasteiger charge is -2.12. The number of thiophene rings is 1. The summed E-state index contributed by atoms with van der Waals surface area (Å²) >= 11 is 1.58. The lowest BCUT2D eigenvalue weighted by Crippen LogP contribution is -2.10. The smallest absolute Gasteiger partial charge is 0.341 e. The second-order valence-corrected chi connectivity index (χ2v) is 9.73. The Morgan fingerprint density at radius 2 is 1.78 bits per heavy atom. The molecule has 5 rings (SSSR count). The minimum atomic E-state index is -0.316. The number of benzene rings is 2. The monoisotopic (exact) mass is 519 g/mol. The van der Waals surface area contributed by atoms with E-state index in [1.54, 1.807) is 32.7 Å². The van der Waals surface area contributed by atoms with E-state index in [0.717, 1.165) is 42.2 Å². The number of carbonyl (C=O) groups is 1. The molecule has 37 heavy (non-hydrogen) atoms. The number of esters is 1. The number of ether oxygens (including phenoxy) is 4. The van der Waals surface area contributed by atoms with Gasteiger partial charge < -0.3 is 23.4 Å². The molecule has 0 atom stereocenters. The second-order valence-electron chi connectivity index (χ2n) is 8.65. The highest BCUT2D eigenvalue weighted by molar-refractivity contribution is 7.16. The molecule has 2 aromatic carbocycles. The van der Waals surface area contributed by atoms with E-state index in [-0.39, 0.29) is 5.97 Å². The molecule has 0 N–H and O–H groups in total. The van der Waals surface area contributed by atoms with Crippen LogP contribution in [-0.4, -0.2) is 33.9 Å². The summed E-state index contributed by atoms with van der Waals surface area (Å²) in [6, 6.07) is 13.1. The van der Waals surface area contributed by atoms with Gasteiger partial charge in [0.05, 0.1) is 38.9 Å². The van der Waals surface area contributed by atoms with Crippen LogP contribution in [0.5, 0.6) is 17.2 Å². The molecule has 7 nitrogen and oxygen atoms in total. The highest BCUT2D eigenvalue weighted by Crippen LogP contribution is 2.40. The predicted octanol–water partition coefficient (Wildman–Crippen LogP) is 6.48. The van der Waals surface area contributed by atoms with Crippen molar-refractivity contribution in [1.82, 2.24) is 0 Å². The quantitative estimate of drug-likeness (QED) is 0.260. The number of aryl methyl sites for hydroxylation is 1. The zero-order valence-corrected chi connectivity index (χ0v) is 22.2. The van der Waals surface area contributed by atoms with Crippen LogP contribution in [-0.2, 0) is 17.6 Å². The molecule has 2 heterocycles. The summed E-state index contributed by atoms with van der Waals surface area (Å²) in [4.78, 5) is 19.3. The van der Waals surface area contributed by atoms with Gasteiger partial charge in [-0.05, 0) is 74.6 Å².